The molecule has 120 valence electrons. The summed E-state index contributed by atoms with van der Waals surface area (Å²) in [6.07, 6.45) is 0. The Kier molecular flexibility index (Phi) is 3.27. The summed E-state index contributed by atoms with van der Waals surface area (Å²) in [5, 5.41) is 15.4. The molecule has 0 saturated heterocycles. The second kappa shape index (κ2) is 5.45. The van der Waals surface area contributed by atoms with E-state index in [0.717, 1.165) is 16.5 Å². The summed E-state index contributed by atoms with van der Waals surface area (Å²) in [6, 6.07) is 14.8. The van der Waals surface area contributed by atoms with E-state index in [1.54, 1.807) is 25.3 Å². The van der Waals surface area contributed by atoms with Crippen molar-refractivity contribution in [1.82, 2.24) is 5.16 Å². The summed E-state index contributed by atoms with van der Waals surface area (Å²) < 4.78 is 16.4. The van der Waals surface area contributed by atoms with Gasteiger partial charge in [-0.2, -0.15) is 0 Å². The number of fused-ring (bicyclic) bond motifs is 1. The lowest BCUT2D eigenvalue weighted by molar-refractivity contribution is 0.398. The molecule has 24 heavy (non-hydrogen) atoms. The van der Waals surface area contributed by atoms with Crippen LogP contribution in [0.4, 0.5) is 0 Å². The monoisotopic (exact) mass is 321 g/mol. The van der Waals surface area contributed by atoms with Crippen molar-refractivity contribution in [2.24, 2.45) is 0 Å². The van der Waals surface area contributed by atoms with Crippen LogP contribution in [0.5, 0.6) is 11.5 Å². The predicted octanol–water partition coefficient (Wildman–Crippen LogP) is 4.78. The highest BCUT2D eigenvalue weighted by atomic mass is 16.5. The second-order valence-corrected chi connectivity index (χ2v) is 5.49. The smallest absolute Gasteiger partial charge is 0.145 e. The highest BCUT2D eigenvalue weighted by Crippen LogP contribution is 2.41. The number of aromatic hydroxyl groups is 1. The van der Waals surface area contributed by atoms with Gasteiger partial charge in [0.1, 0.15) is 34.3 Å². The van der Waals surface area contributed by atoms with Gasteiger partial charge in [0.25, 0.3) is 0 Å². The Bertz CT molecular complexity index is 996. The number of benzene rings is 2. The number of ether oxygens (including phenoxy) is 1. The number of aryl methyl sites for hydroxylation is 1. The van der Waals surface area contributed by atoms with Gasteiger partial charge in [-0.3, -0.25) is 0 Å². The fourth-order valence-electron chi connectivity index (χ4n) is 2.79. The first-order valence-electron chi connectivity index (χ1n) is 7.50. The van der Waals surface area contributed by atoms with Gasteiger partial charge in [-0.1, -0.05) is 23.4 Å². The van der Waals surface area contributed by atoms with E-state index in [1.807, 2.05) is 37.3 Å². The van der Waals surface area contributed by atoms with Gasteiger partial charge in [0.05, 0.1) is 12.7 Å². The molecule has 5 heteroatoms. The molecule has 4 aromatic rings. The Balaban J connectivity index is 1.90. The lowest BCUT2D eigenvalue weighted by Crippen LogP contribution is -1.86. The highest BCUT2D eigenvalue weighted by molar-refractivity contribution is 5.88. The predicted molar refractivity (Wildman–Crippen MR) is 90.1 cm³/mol. The summed E-state index contributed by atoms with van der Waals surface area (Å²) >= 11 is 0. The maximum atomic E-state index is 10.3. The van der Waals surface area contributed by atoms with Crippen LogP contribution in [0.15, 0.2) is 57.5 Å². The number of hydrogen-bond acceptors (Lipinski definition) is 5. The standard InChI is InChI=1S/C19H15NO4/c1-11-18(17-9-12-5-3-4-6-16(12)23-17)19(20-24-11)14-8-7-13(22-2)10-15(14)21/h3-10,21H,1-2H3. The van der Waals surface area contributed by atoms with Crippen LogP contribution in [-0.2, 0) is 0 Å². The van der Waals surface area contributed by atoms with Crippen LogP contribution in [0.2, 0.25) is 0 Å². The molecule has 5 nitrogen and oxygen atoms in total. The van der Waals surface area contributed by atoms with Crippen molar-refractivity contribution in [3.8, 4) is 34.1 Å². The molecule has 0 fully saturated rings. The minimum Gasteiger partial charge on any atom is -0.507 e. The molecule has 2 aromatic heterocycles. The quantitative estimate of drug-likeness (QED) is 0.588. The van der Waals surface area contributed by atoms with E-state index >= 15 is 0 Å². The molecule has 0 spiro atoms. The molecule has 0 atom stereocenters. The molecule has 0 amide bonds. The molecule has 0 unspecified atom stereocenters. The number of hydrogen-bond donors (Lipinski definition) is 1. The molecule has 0 aliphatic carbocycles. The molecule has 2 heterocycles. The fourth-order valence-corrected chi connectivity index (χ4v) is 2.79. The van der Waals surface area contributed by atoms with Crippen LogP contribution in [0.3, 0.4) is 0 Å². The van der Waals surface area contributed by atoms with Crippen molar-refractivity contribution in [2.45, 2.75) is 6.92 Å². The van der Waals surface area contributed by atoms with Crippen molar-refractivity contribution < 1.29 is 18.8 Å². The largest absolute Gasteiger partial charge is 0.507 e. The van der Waals surface area contributed by atoms with Gasteiger partial charge in [0.2, 0.25) is 0 Å². The summed E-state index contributed by atoms with van der Waals surface area (Å²) in [6.45, 7) is 1.82. The van der Waals surface area contributed by atoms with Gasteiger partial charge in [-0.05, 0) is 31.2 Å². The highest BCUT2D eigenvalue weighted by Gasteiger charge is 2.22. The summed E-state index contributed by atoms with van der Waals surface area (Å²) in [7, 11) is 1.55. The Morgan fingerprint density at radius 1 is 1.08 bits per heavy atom. The Morgan fingerprint density at radius 3 is 2.67 bits per heavy atom. The van der Waals surface area contributed by atoms with E-state index in [0.29, 0.717) is 28.5 Å². The number of rotatable bonds is 3. The van der Waals surface area contributed by atoms with Crippen molar-refractivity contribution in [2.75, 3.05) is 7.11 Å². The van der Waals surface area contributed by atoms with Gasteiger partial charge < -0.3 is 18.8 Å². The third-order valence-corrected chi connectivity index (χ3v) is 3.99. The Hall–Kier alpha value is -3.21. The van der Waals surface area contributed by atoms with Crippen LogP contribution in [0.1, 0.15) is 5.76 Å². The van der Waals surface area contributed by atoms with E-state index in [1.165, 1.54) is 0 Å². The van der Waals surface area contributed by atoms with E-state index < -0.39 is 0 Å². The van der Waals surface area contributed by atoms with Crippen molar-refractivity contribution in [1.29, 1.82) is 0 Å². The zero-order valence-corrected chi connectivity index (χ0v) is 13.2. The molecule has 0 bridgehead atoms. The van der Waals surface area contributed by atoms with Crippen molar-refractivity contribution in [3.05, 3.63) is 54.3 Å². The molecule has 0 aliphatic heterocycles. The molecule has 0 aliphatic rings. The molecular formula is C19H15NO4. The molecular weight excluding hydrogens is 306 g/mol. The first kappa shape index (κ1) is 14.4. The maximum Gasteiger partial charge on any atom is 0.145 e. The summed E-state index contributed by atoms with van der Waals surface area (Å²) in [5.41, 5.74) is 2.61. The van der Waals surface area contributed by atoms with Crippen molar-refractivity contribution in [3.63, 3.8) is 0 Å². The van der Waals surface area contributed by atoms with E-state index in [9.17, 15) is 5.11 Å². The van der Waals surface area contributed by atoms with Crippen LogP contribution in [-0.4, -0.2) is 17.4 Å². The van der Waals surface area contributed by atoms with E-state index in [-0.39, 0.29) is 5.75 Å². The normalized spacial score (nSPS) is 11.1. The lowest BCUT2D eigenvalue weighted by Gasteiger charge is -2.05. The average Bonchev–Trinajstić information content (AvgIpc) is 3.17. The van der Waals surface area contributed by atoms with Crippen LogP contribution in [0.25, 0.3) is 33.6 Å². The van der Waals surface area contributed by atoms with E-state index in [2.05, 4.69) is 5.16 Å². The van der Waals surface area contributed by atoms with Crippen molar-refractivity contribution >= 4 is 11.0 Å². The first-order valence-corrected chi connectivity index (χ1v) is 7.50. The van der Waals surface area contributed by atoms with Crippen LogP contribution >= 0.6 is 0 Å². The Morgan fingerprint density at radius 2 is 1.92 bits per heavy atom. The average molecular weight is 321 g/mol. The molecule has 0 radical (unpaired) electrons. The fraction of sp³-hybridized carbons (Fsp3) is 0.105. The minimum atomic E-state index is 0.0695. The Labute approximate surface area is 138 Å². The lowest BCUT2D eigenvalue weighted by atomic mass is 10.0. The van der Waals surface area contributed by atoms with E-state index in [4.69, 9.17) is 13.7 Å². The number of phenols is 1. The van der Waals surface area contributed by atoms with Crippen LogP contribution in [0, 0.1) is 6.92 Å². The molecule has 4 rings (SSSR count). The van der Waals surface area contributed by atoms with Crippen LogP contribution < -0.4 is 4.74 Å². The number of methoxy groups -OCH3 is 1. The minimum absolute atomic E-state index is 0.0695. The third-order valence-electron chi connectivity index (χ3n) is 3.99. The van der Waals surface area contributed by atoms with Gasteiger partial charge >= 0.3 is 0 Å². The molecule has 0 saturated carbocycles. The number of para-hydroxylation sites is 1. The van der Waals surface area contributed by atoms with Gasteiger partial charge in [0, 0.05) is 17.0 Å². The second-order valence-electron chi connectivity index (χ2n) is 5.49. The zero-order valence-electron chi connectivity index (χ0n) is 13.2. The van der Waals surface area contributed by atoms with Gasteiger partial charge in [-0.25, -0.2) is 0 Å². The maximum absolute atomic E-state index is 10.3. The van der Waals surface area contributed by atoms with Gasteiger partial charge in [0.15, 0.2) is 0 Å². The zero-order chi connectivity index (χ0) is 16.7. The molecule has 1 N–H and O–H groups in total. The molecule has 2 aromatic carbocycles. The summed E-state index contributed by atoms with van der Waals surface area (Å²) in [4.78, 5) is 0. The third kappa shape index (κ3) is 2.22. The number of aromatic nitrogens is 1. The number of furan rings is 1. The topological polar surface area (TPSA) is 68.6 Å². The first-order chi connectivity index (χ1) is 11.7. The summed E-state index contributed by atoms with van der Waals surface area (Å²) in [5.74, 6) is 1.92. The number of nitrogens with zero attached hydrogens (tertiary/aromatic N) is 1. The number of phenolic OH excluding ortho intramolecular Hbond substituents is 1. The SMILES string of the molecule is COc1ccc(-c2noc(C)c2-c2cc3ccccc3o2)c(O)c1. The van der Waals surface area contributed by atoms with Gasteiger partial charge in [-0.15, -0.1) is 0 Å².